The van der Waals surface area contributed by atoms with Gasteiger partial charge < -0.3 is 15.4 Å². The fourth-order valence-corrected chi connectivity index (χ4v) is 1.83. The summed E-state index contributed by atoms with van der Waals surface area (Å²) >= 11 is 0. The van der Waals surface area contributed by atoms with E-state index in [0.717, 1.165) is 18.7 Å². The van der Waals surface area contributed by atoms with Crippen LogP contribution in [0.3, 0.4) is 0 Å². The molecule has 17 heavy (non-hydrogen) atoms. The highest BCUT2D eigenvalue weighted by molar-refractivity contribution is 5.55. The number of nitrogens with zero attached hydrogens (tertiary/aromatic N) is 1. The second kappa shape index (κ2) is 7.09. The van der Waals surface area contributed by atoms with Gasteiger partial charge in [0.2, 0.25) is 0 Å². The molecule has 0 radical (unpaired) electrons. The summed E-state index contributed by atoms with van der Waals surface area (Å²) < 4.78 is 5.13. The number of anilines is 1. The molecule has 1 aromatic rings. The molecule has 1 rings (SSSR count). The van der Waals surface area contributed by atoms with Gasteiger partial charge in [-0.1, -0.05) is 24.3 Å². The van der Waals surface area contributed by atoms with Crippen LogP contribution in [0.4, 0.5) is 5.69 Å². The maximum atomic E-state index is 5.99. The normalized spacial score (nSPS) is 12.2. The van der Waals surface area contributed by atoms with Crippen LogP contribution in [-0.2, 0) is 4.74 Å². The van der Waals surface area contributed by atoms with Crippen molar-refractivity contribution in [3.8, 4) is 0 Å². The molecule has 3 heteroatoms. The van der Waals surface area contributed by atoms with Gasteiger partial charge in [0.25, 0.3) is 0 Å². The average molecular weight is 234 g/mol. The maximum absolute atomic E-state index is 5.99. The van der Waals surface area contributed by atoms with E-state index in [-0.39, 0.29) is 6.04 Å². The van der Waals surface area contributed by atoms with Crippen molar-refractivity contribution in [2.24, 2.45) is 5.73 Å². The Hall–Kier alpha value is -1.32. The summed E-state index contributed by atoms with van der Waals surface area (Å²) in [5.41, 5.74) is 8.32. The summed E-state index contributed by atoms with van der Waals surface area (Å²) in [6.07, 6.45) is 1.90. The van der Waals surface area contributed by atoms with E-state index in [1.54, 1.807) is 7.11 Å². The molecule has 0 aliphatic heterocycles. The van der Waals surface area contributed by atoms with Crippen LogP contribution in [0.1, 0.15) is 18.5 Å². The van der Waals surface area contributed by atoms with E-state index in [9.17, 15) is 0 Å². The fraction of sp³-hybridized carbons (Fsp3) is 0.429. The predicted molar refractivity (Wildman–Crippen MR) is 73.3 cm³/mol. The molecule has 0 aliphatic carbocycles. The third kappa shape index (κ3) is 3.88. The fourth-order valence-electron chi connectivity index (χ4n) is 1.83. The van der Waals surface area contributed by atoms with Crippen LogP contribution in [-0.4, -0.2) is 26.8 Å². The van der Waals surface area contributed by atoms with Crippen LogP contribution in [0.25, 0.3) is 0 Å². The molecule has 2 N–H and O–H groups in total. The van der Waals surface area contributed by atoms with Crippen molar-refractivity contribution in [1.82, 2.24) is 0 Å². The van der Waals surface area contributed by atoms with Gasteiger partial charge in [0.05, 0.1) is 6.61 Å². The van der Waals surface area contributed by atoms with Crippen LogP contribution >= 0.6 is 0 Å². The molecular weight excluding hydrogens is 212 g/mol. The second-order valence-corrected chi connectivity index (χ2v) is 4.07. The van der Waals surface area contributed by atoms with Crippen LogP contribution in [0.15, 0.2) is 36.9 Å². The van der Waals surface area contributed by atoms with Crippen molar-refractivity contribution in [1.29, 1.82) is 0 Å². The van der Waals surface area contributed by atoms with Gasteiger partial charge in [0, 0.05) is 31.9 Å². The molecule has 94 valence electrons. The van der Waals surface area contributed by atoms with Gasteiger partial charge in [-0.25, -0.2) is 0 Å². The molecule has 0 saturated heterocycles. The molecule has 0 heterocycles. The van der Waals surface area contributed by atoms with E-state index < -0.39 is 0 Å². The topological polar surface area (TPSA) is 38.5 Å². The molecule has 0 amide bonds. The molecule has 0 fully saturated rings. The van der Waals surface area contributed by atoms with E-state index in [1.807, 2.05) is 25.1 Å². The molecule has 0 aromatic heterocycles. The van der Waals surface area contributed by atoms with Gasteiger partial charge in [0.15, 0.2) is 0 Å². The molecule has 0 spiro atoms. The Balaban J connectivity index is 2.95. The van der Waals surface area contributed by atoms with Gasteiger partial charge >= 0.3 is 0 Å². The highest BCUT2D eigenvalue weighted by Crippen LogP contribution is 2.24. The van der Waals surface area contributed by atoms with Gasteiger partial charge in [-0.15, -0.1) is 6.58 Å². The standard InChI is InChI=1S/C14H22N2O/c1-4-9-16(10-11-17-3)14-8-6-5-7-13(14)12(2)15/h4-8,12H,1,9-11,15H2,2-3H3. The zero-order valence-corrected chi connectivity index (χ0v) is 10.7. The summed E-state index contributed by atoms with van der Waals surface area (Å²) in [5.74, 6) is 0. The minimum Gasteiger partial charge on any atom is -0.383 e. The van der Waals surface area contributed by atoms with Gasteiger partial charge in [-0.05, 0) is 18.6 Å². The van der Waals surface area contributed by atoms with Crippen molar-refractivity contribution in [2.75, 3.05) is 31.7 Å². The van der Waals surface area contributed by atoms with Crippen LogP contribution < -0.4 is 10.6 Å². The first kappa shape index (κ1) is 13.7. The lowest BCUT2D eigenvalue weighted by Gasteiger charge is -2.26. The third-order valence-electron chi connectivity index (χ3n) is 2.68. The number of ether oxygens (including phenoxy) is 1. The Morgan fingerprint density at radius 2 is 2.18 bits per heavy atom. The largest absolute Gasteiger partial charge is 0.383 e. The monoisotopic (exact) mass is 234 g/mol. The number of hydrogen-bond donors (Lipinski definition) is 1. The number of benzene rings is 1. The highest BCUT2D eigenvalue weighted by Gasteiger charge is 2.11. The van der Waals surface area contributed by atoms with Gasteiger partial charge in [0.1, 0.15) is 0 Å². The highest BCUT2D eigenvalue weighted by atomic mass is 16.5. The first-order chi connectivity index (χ1) is 8.20. The summed E-state index contributed by atoms with van der Waals surface area (Å²) in [7, 11) is 1.71. The first-order valence-electron chi connectivity index (χ1n) is 5.90. The lowest BCUT2D eigenvalue weighted by molar-refractivity contribution is 0.205. The SMILES string of the molecule is C=CCN(CCOC)c1ccccc1C(C)N. The Morgan fingerprint density at radius 1 is 1.47 bits per heavy atom. The smallest absolute Gasteiger partial charge is 0.0637 e. The Morgan fingerprint density at radius 3 is 2.76 bits per heavy atom. The molecule has 1 unspecified atom stereocenters. The van der Waals surface area contributed by atoms with Crippen molar-refractivity contribution in [2.45, 2.75) is 13.0 Å². The number of nitrogens with two attached hydrogens (primary N) is 1. The minimum absolute atomic E-state index is 0.0288. The first-order valence-corrected chi connectivity index (χ1v) is 5.90. The predicted octanol–water partition coefficient (Wildman–Crippen LogP) is 2.35. The number of para-hydroxylation sites is 1. The van der Waals surface area contributed by atoms with Crippen molar-refractivity contribution >= 4 is 5.69 Å². The van der Waals surface area contributed by atoms with E-state index >= 15 is 0 Å². The molecule has 0 aliphatic rings. The van der Waals surface area contributed by atoms with E-state index in [2.05, 4.69) is 23.6 Å². The average Bonchev–Trinajstić information content (AvgIpc) is 2.34. The van der Waals surface area contributed by atoms with Crippen molar-refractivity contribution in [3.05, 3.63) is 42.5 Å². The molecule has 3 nitrogen and oxygen atoms in total. The van der Waals surface area contributed by atoms with Crippen LogP contribution in [0.5, 0.6) is 0 Å². The second-order valence-electron chi connectivity index (χ2n) is 4.07. The molecule has 0 bridgehead atoms. The van der Waals surface area contributed by atoms with Crippen molar-refractivity contribution in [3.63, 3.8) is 0 Å². The molecule has 1 aromatic carbocycles. The molecule has 1 atom stereocenters. The van der Waals surface area contributed by atoms with Gasteiger partial charge in [-0.3, -0.25) is 0 Å². The summed E-state index contributed by atoms with van der Waals surface area (Å²) in [4.78, 5) is 2.23. The van der Waals surface area contributed by atoms with E-state index in [0.29, 0.717) is 6.61 Å². The van der Waals surface area contributed by atoms with Crippen LogP contribution in [0, 0.1) is 0 Å². The zero-order valence-electron chi connectivity index (χ0n) is 10.7. The Kier molecular flexibility index (Phi) is 5.73. The van der Waals surface area contributed by atoms with Gasteiger partial charge in [-0.2, -0.15) is 0 Å². The number of hydrogen-bond acceptors (Lipinski definition) is 3. The Bertz CT molecular complexity index is 350. The van der Waals surface area contributed by atoms with E-state index in [4.69, 9.17) is 10.5 Å². The van der Waals surface area contributed by atoms with E-state index in [1.165, 1.54) is 5.69 Å². The lowest BCUT2D eigenvalue weighted by Crippen LogP contribution is -2.29. The Labute approximate surface area is 104 Å². The third-order valence-corrected chi connectivity index (χ3v) is 2.68. The lowest BCUT2D eigenvalue weighted by atomic mass is 10.1. The quantitative estimate of drug-likeness (QED) is 0.736. The summed E-state index contributed by atoms with van der Waals surface area (Å²) in [6.45, 7) is 8.13. The zero-order chi connectivity index (χ0) is 12.7. The van der Waals surface area contributed by atoms with Crippen LogP contribution in [0.2, 0.25) is 0 Å². The maximum Gasteiger partial charge on any atom is 0.0637 e. The number of methoxy groups -OCH3 is 1. The minimum atomic E-state index is 0.0288. The summed E-state index contributed by atoms with van der Waals surface area (Å²) in [6, 6.07) is 8.25. The molecular formula is C14H22N2O. The summed E-state index contributed by atoms with van der Waals surface area (Å²) in [5, 5.41) is 0. The molecule has 0 saturated carbocycles. The number of rotatable bonds is 7. The van der Waals surface area contributed by atoms with Crippen molar-refractivity contribution < 1.29 is 4.74 Å².